The monoisotopic (exact) mass is 422 g/mol. The van der Waals surface area contributed by atoms with Gasteiger partial charge in [0.05, 0.1) is 5.69 Å². The summed E-state index contributed by atoms with van der Waals surface area (Å²) in [5.74, 6) is -0.590. The highest BCUT2D eigenvalue weighted by Crippen LogP contribution is 2.21. The molecule has 0 spiro atoms. The van der Waals surface area contributed by atoms with E-state index in [2.05, 4.69) is 0 Å². The minimum absolute atomic E-state index is 0.271. The van der Waals surface area contributed by atoms with Gasteiger partial charge in [-0.2, -0.15) is 0 Å². The number of fused-ring (bicyclic) bond motifs is 1. The maximum Gasteiger partial charge on any atom is 0.344 e. The van der Waals surface area contributed by atoms with Gasteiger partial charge in [0.25, 0.3) is 5.91 Å². The molecule has 0 saturated carbocycles. The second-order valence-electron chi connectivity index (χ2n) is 7.28. The Morgan fingerprint density at radius 2 is 1.55 bits per heavy atom. The van der Waals surface area contributed by atoms with Crippen LogP contribution in [0.15, 0.2) is 66.7 Å². The standard InChI is InChI=1S/C24H23FN2O4/c25-21-7-3-4-8-22(21)26-11-13-27(14-12-26)23(28)16-31-24(29)17-30-20-10-9-18-5-1-2-6-19(18)15-20/h1-10,15H,11-14,16-17H2. The van der Waals surface area contributed by atoms with E-state index in [1.54, 1.807) is 29.2 Å². The highest BCUT2D eigenvalue weighted by atomic mass is 19.1. The molecule has 1 aliphatic rings. The van der Waals surface area contributed by atoms with Crippen molar-refractivity contribution in [1.82, 2.24) is 4.90 Å². The maximum atomic E-state index is 13.9. The third kappa shape index (κ3) is 5.12. The van der Waals surface area contributed by atoms with Crippen LogP contribution in [0.2, 0.25) is 0 Å². The van der Waals surface area contributed by atoms with Gasteiger partial charge in [-0.25, -0.2) is 9.18 Å². The van der Waals surface area contributed by atoms with Crippen molar-refractivity contribution in [1.29, 1.82) is 0 Å². The van der Waals surface area contributed by atoms with Gasteiger partial charge in [0.1, 0.15) is 11.6 Å². The quantitative estimate of drug-likeness (QED) is 0.571. The maximum absolute atomic E-state index is 13.9. The Kier molecular flexibility index (Phi) is 6.31. The van der Waals surface area contributed by atoms with E-state index in [0.29, 0.717) is 37.6 Å². The number of hydrogen-bond donors (Lipinski definition) is 0. The number of halogens is 1. The predicted octanol–water partition coefficient (Wildman–Crippen LogP) is 3.25. The summed E-state index contributed by atoms with van der Waals surface area (Å²) in [5, 5.41) is 2.09. The lowest BCUT2D eigenvalue weighted by molar-refractivity contribution is -0.153. The molecule has 4 rings (SSSR count). The number of para-hydroxylation sites is 1. The molecule has 0 atom stereocenters. The van der Waals surface area contributed by atoms with Crippen LogP contribution < -0.4 is 9.64 Å². The summed E-state index contributed by atoms with van der Waals surface area (Å²) in [6.07, 6.45) is 0. The van der Waals surface area contributed by atoms with Crippen molar-refractivity contribution < 1.29 is 23.5 Å². The van der Waals surface area contributed by atoms with E-state index in [4.69, 9.17) is 9.47 Å². The van der Waals surface area contributed by atoms with Crippen LogP contribution in [0, 0.1) is 5.82 Å². The Hall–Kier alpha value is -3.61. The highest BCUT2D eigenvalue weighted by molar-refractivity contribution is 5.84. The molecule has 0 aromatic heterocycles. The number of carbonyl (C=O) groups excluding carboxylic acids is 2. The molecule has 160 valence electrons. The summed E-state index contributed by atoms with van der Waals surface area (Å²) in [5.41, 5.74) is 0.534. The molecule has 0 radical (unpaired) electrons. The molecule has 3 aromatic carbocycles. The van der Waals surface area contributed by atoms with E-state index >= 15 is 0 Å². The second kappa shape index (κ2) is 9.47. The van der Waals surface area contributed by atoms with E-state index in [1.165, 1.54) is 6.07 Å². The van der Waals surface area contributed by atoms with Crippen LogP contribution in [0.1, 0.15) is 0 Å². The van der Waals surface area contributed by atoms with Crippen molar-refractivity contribution in [3.8, 4) is 5.75 Å². The third-order valence-corrected chi connectivity index (χ3v) is 5.26. The van der Waals surface area contributed by atoms with Crippen LogP contribution in [0.4, 0.5) is 10.1 Å². The zero-order chi connectivity index (χ0) is 21.6. The Labute approximate surface area is 179 Å². The molecular formula is C24H23FN2O4. The fourth-order valence-electron chi connectivity index (χ4n) is 3.58. The number of piperazine rings is 1. The van der Waals surface area contributed by atoms with Crippen LogP contribution in [-0.4, -0.2) is 56.2 Å². The number of ether oxygens (including phenoxy) is 2. The van der Waals surface area contributed by atoms with Crippen LogP contribution >= 0.6 is 0 Å². The molecule has 3 aromatic rings. The lowest BCUT2D eigenvalue weighted by Crippen LogP contribution is -2.50. The van der Waals surface area contributed by atoms with Crippen molar-refractivity contribution in [3.63, 3.8) is 0 Å². The van der Waals surface area contributed by atoms with Gasteiger partial charge in [-0.3, -0.25) is 4.79 Å². The van der Waals surface area contributed by atoms with Crippen LogP contribution in [0.5, 0.6) is 5.75 Å². The molecule has 1 aliphatic heterocycles. The topological polar surface area (TPSA) is 59.1 Å². The van der Waals surface area contributed by atoms with Gasteiger partial charge in [0, 0.05) is 26.2 Å². The molecule has 6 nitrogen and oxygen atoms in total. The lowest BCUT2D eigenvalue weighted by atomic mass is 10.1. The number of benzene rings is 3. The number of nitrogens with zero attached hydrogens (tertiary/aromatic N) is 2. The Bertz CT molecular complexity index is 1080. The van der Waals surface area contributed by atoms with Crippen LogP contribution in [0.3, 0.4) is 0 Å². The average Bonchev–Trinajstić information content (AvgIpc) is 2.81. The largest absolute Gasteiger partial charge is 0.482 e. The minimum atomic E-state index is -0.605. The Morgan fingerprint density at radius 3 is 2.32 bits per heavy atom. The normalized spacial score (nSPS) is 13.8. The first-order chi connectivity index (χ1) is 15.1. The second-order valence-corrected chi connectivity index (χ2v) is 7.28. The number of amides is 1. The van der Waals surface area contributed by atoms with Gasteiger partial charge in [-0.1, -0.05) is 42.5 Å². The minimum Gasteiger partial charge on any atom is -0.482 e. The van der Waals surface area contributed by atoms with Gasteiger partial charge in [0.15, 0.2) is 13.2 Å². The van der Waals surface area contributed by atoms with E-state index in [9.17, 15) is 14.0 Å². The van der Waals surface area contributed by atoms with Gasteiger partial charge in [-0.15, -0.1) is 0 Å². The van der Waals surface area contributed by atoms with Crippen LogP contribution in [-0.2, 0) is 14.3 Å². The molecule has 1 saturated heterocycles. The summed E-state index contributed by atoms with van der Waals surface area (Å²) < 4.78 is 24.5. The van der Waals surface area contributed by atoms with Crippen molar-refractivity contribution >= 4 is 28.3 Å². The van der Waals surface area contributed by atoms with Gasteiger partial charge < -0.3 is 19.3 Å². The zero-order valence-corrected chi connectivity index (χ0v) is 17.0. The molecule has 1 fully saturated rings. The van der Waals surface area contributed by atoms with Gasteiger partial charge in [-0.05, 0) is 35.0 Å². The van der Waals surface area contributed by atoms with E-state index in [-0.39, 0.29) is 24.9 Å². The van der Waals surface area contributed by atoms with Crippen molar-refractivity contribution in [3.05, 3.63) is 72.5 Å². The molecule has 0 N–H and O–H groups in total. The Morgan fingerprint density at radius 1 is 0.839 bits per heavy atom. The lowest BCUT2D eigenvalue weighted by Gasteiger charge is -2.36. The van der Waals surface area contributed by atoms with E-state index < -0.39 is 5.97 Å². The summed E-state index contributed by atoms with van der Waals surface area (Å²) in [6, 6.07) is 20.0. The van der Waals surface area contributed by atoms with E-state index in [0.717, 1.165) is 10.8 Å². The number of anilines is 1. The van der Waals surface area contributed by atoms with Crippen molar-refractivity contribution in [2.45, 2.75) is 0 Å². The van der Waals surface area contributed by atoms with E-state index in [1.807, 2.05) is 41.3 Å². The Balaban J connectivity index is 1.20. The number of hydrogen-bond acceptors (Lipinski definition) is 5. The average molecular weight is 422 g/mol. The van der Waals surface area contributed by atoms with Gasteiger partial charge in [0.2, 0.25) is 0 Å². The first-order valence-corrected chi connectivity index (χ1v) is 10.1. The fraction of sp³-hybridized carbons (Fsp3) is 0.250. The molecule has 1 heterocycles. The summed E-state index contributed by atoms with van der Waals surface area (Å²) >= 11 is 0. The van der Waals surface area contributed by atoms with Crippen LogP contribution in [0.25, 0.3) is 10.8 Å². The highest BCUT2D eigenvalue weighted by Gasteiger charge is 2.23. The molecular weight excluding hydrogens is 399 g/mol. The SMILES string of the molecule is O=C(COc1ccc2ccccc2c1)OCC(=O)N1CCN(c2ccccc2F)CC1. The molecule has 7 heteroatoms. The first kappa shape index (κ1) is 20.7. The third-order valence-electron chi connectivity index (χ3n) is 5.26. The molecule has 0 unspecified atom stereocenters. The summed E-state index contributed by atoms with van der Waals surface area (Å²) in [4.78, 5) is 27.8. The summed E-state index contributed by atoms with van der Waals surface area (Å²) in [7, 11) is 0. The molecule has 31 heavy (non-hydrogen) atoms. The zero-order valence-electron chi connectivity index (χ0n) is 17.0. The van der Waals surface area contributed by atoms with Gasteiger partial charge >= 0.3 is 5.97 Å². The predicted molar refractivity (Wildman–Crippen MR) is 116 cm³/mol. The molecule has 0 bridgehead atoms. The number of rotatable bonds is 6. The molecule has 1 amide bonds. The van der Waals surface area contributed by atoms with Crippen molar-refractivity contribution in [2.24, 2.45) is 0 Å². The fourth-order valence-corrected chi connectivity index (χ4v) is 3.58. The molecule has 0 aliphatic carbocycles. The first-order valence-electron chi connectivity index (χ1n) is 10.1. The smallest absolute Gasteiger partial charge is 0.344 e. The number of carbonyl (C=O) groups is 2. The summed E-state index contributed by atoms with van der Waals surface area (Å²) in [6.45, 7) is 1.32. The number of esters is 1. The van der Waals surface area contributed by atoms with Crippen molar-refractivity contribution in [2.75, 3.05) is 44.3 Å².